The molecule has 0 radical (unpaired) electrons. The number of aryl methyl sites for hydroxylation is 1. The van der Waals surface area contributed by atoms with Gasteiger partial charge in [0.15, 0.2) is 28.7 Å². The Kier molecular flexibility index (Phi) is 8.22. The lowest BCUT2D eigenvalue weighted by molar-refractivity contribution is -0.125. The summed E-state index contributed by atoms with van der Waals surface area (Å²) in [5.41, 5.74) is -0.442. The SMILES string of the molecule is Cc1ccc(S(=O)(=O)n2cc(C3CCCOC3C)c3c(Oc4c(F)cc(NC(=O)NCC5(F)COC5)cc4F)ccnc32)cc1. The van der Waals surface area contributed by atoms with Gasteiger partial charge in [0, 0.05) is 42.7 Å². The maximum Gasteiger partial charge on any atom is 0.319 e. The number of benzene rings is 2. The number of carbonyl (C=O) groups is 1. The Morgan fingerprint density at radius 1 is 1.16 bits per heavy atom. The van der Waals surface area contributed by atoms with Crippen molar-refractivity contribution in [2.75, 3.05) is 31.7 Å². The second kappa shape index (κ2) is 12.0. The van der Waals surface area contributed by atoms with Crippen LogP contribution in [0.25, 0.3) is 11.0 Å². The Balaban J connectivity index is 1.36. The zero-order chi connectivity index (χ0) is 31.9. The summed E-state index contributed by atoms with van der Waals surface area (Å²) in [5.74, 6) is -3.30. The number of anilines is 1. The number of alkyl halides is 1. The van der Waals surface area contributed by atoms with E-state index in [4.69, 9.17) is 14.2 Å². The van der Waals surface area contributed by atoms with Crippen molar-refractivity contribution in [1.29, 1.82) is 0 Å². The van der Waals surface area contributed by atoms with Gasteiger partial charge in [0.05, 0.1) is 36.1 Å². The number of rotatable bonds is 8. The molecule has 2 fully saturated rings. The van der Waals surface area contributed by atoms with Crippen LogP contribution in [-0.2, 0) is 19.5 Å². The molecule has 4 aromatic rings. The Bertz CT molecular complexity index is 1840. The molecule has 2 saturated heterocycles. The molecule has 2 aromatic heterocycles. The third-order valence-electron chi connectivity index (χ3n) is 7.99. The summed E-state index contributed by atoms with van der Waals surface area (Å²) in [6.07, 6.45) is 3.91. The zero-order valence-electron chi connectivity index (χ0n) is 24.5. The van der Waals surface area contributed by atoms with Crippen LogP contribution in [-0.4, -0.2) is 61.5 Å². The van der Waals surface area contributed by atoms with E-state index in [1.54, 1.807) is 12.1 Å². The number of carbonyl (C=O) groups excluding carboxylic acids is 1. The van der Waals surface area contributed by atoms with E-state index in [0.29, 0.717) is 18.6 Å². The Labute approximate surface area is 257 Å². The summed E-state index contributed by atoms with van der Waals surface area (Å²) < 4.78 is 89.9. The Hall–Kier alpha value is -4.14. The first-order chi connectivity index (χ1) is 21.4. The quantitative estimate of drug-likeness (QED) is 0.249. The van der Waals surface area contributed by atoms with Crippen molar-refractivity contribution in [2.24, 2.45) is 0 Å². The van der Waals surface area contributed by atoms with Crippen molar-refractivity contribution in [3.05, 3.63) is 77.6 Å². The molecule has 2 unspecified atom stereocenters. The fraction of sp³-hybridized carbons (Fsp3) is 0.355. The van der Waals surface area contributed by atoms with Gasteiger partial charge in [-0.05, 0) is 50.5 Å². The van der Waals surface area contributed by atoms with E-state index in [1.165, 1.54) is 30.6 Å². The molecule has 10 nitrogen and oxygen atoms in total. The van der Waals surface area contributed by atoms with E-state index in [1.807, 2.05) is 13.8 Å². The van der Waals surface area contributed by atoms with Crippen LogP contribution in [0.4, 0.5) is 23.7 Å². The molecule has 0 bridgehead atoms. The van der Waals surface area contributed by atoms with Crippen LogP contribution in [0.5, 0.6) is 11.5 Å². The van der Waals surface area contributed by atoms with Crippen molar-refractivity contribution in [1.82, 2.24) is 14.3 Å². The smallest absolute Gasteiger partial charge is 0.319 e. The maximum atomic E-state index is 15.3. The van der Waals surface area contributed by atoms with Crippen LogP contribution in [0.2, 0.25) is 0 Å². The number of fused-ring (bicyclic) bond motifs is 1. The molecule has 0 saturated carbocycles. The minimum absolute atomic E-state index is 0.0159. The van der Waals surface area contributed by atoms with Gasteiger partial charge < -0.3 is 24.8 Å². The van der Waals surface area contributed by atoms with Gasteiger partial charge in [0.2, 0.25) is 0 Å². The van der Waals surface area contributed by atoms with E-state index >= 15 is 8.78 Å². The van der Waals surface area contributed by atoms with Crippen LogP contribution in [0.1, 0.15) is 36.8 Å². The molecule has 2 aliphatic heterocycles. The molecule has 2 amide bonds. The molecule has 0 aliphatic carbocycles. The fourth-order valence-corrected chi connectivity index (χ4v) is 6.83. The van der Waals surface area contributed by atoms with Gasteiger partial charge in [-0.2, -0.15) is 0 Å². The number of amides is 2. The van der Waals surface area contributed by atoms with Crippen LogP contribution >= 0.6 is 0 Å². The molecular formula is C31H31F3N4O6S. The summed E-state index contributed by atoms with van der Waals surface area (Å²) in [4.78, 5) is 16.6. The molecule has 0 spiro atoms. The third-order valence-corrected chi connectivity index (χ3v) is 9.65. The topological polar surface area (TPSA) is 121 Å². The van der Waals surface area contributed by atoms with Gasteiger partial charge >= 0.3 is 6.03 Å². The molecule has 2 aromatic carbocycles. The van der Waals surface area contributed by atoms with Crippen molar-refractivity contribution >= 4 is 32.8 Å². The number of ether oxygens (including phenoxy) is 3. The number of hydrogen-bond donors (Lipinski definition) is 2. The first-order valence-corrected chi connectivity index (χ1v) is 15.8. The minimum atomic E-state index is -4.12. The monoisotopic (exact) mass is 644 g/mol. The summed E-state index contributed by atoms with van der Waals surface area (Å²) >= 11 is 0. The number of hydrogen-bond acceptors (Lipinski definition) is 7. The van der Waals surface area contributed by atoms with E-state index in [0.717, 1.165) is 28.1 Å². The molecular weight excluding hydrogens is 613 g/mol. The molecule has 6 rings (SSSR count). The minimum Gasteiger partial charge on any atom is -0.450 e. The average Bonchev–Trinajstić information content (AvgIpc) is 3.39. The number of pyridine rings is 1. The van der Waals surface area contributed by atoms with Gasteiger partial charge in [0.25, 0.3) is 10.0 Å². The van der Waals surface area contributed by atoms with Gasteiger partial charge in [-0.3, -0.25) is 0 Å². The van der Waals surface area contributed by atoms with E-state index in [9.17, 15) is 17.6 Å². The van der Waals surface area contributed by atoms with Gasteiger partial charge in [-0.25, -0.2) is 35.3 Å². The normalized spacial score (nSPS) is 19.6. The van der Waals surface area contributed by atoms with Crippen molar-refractivity contribution in [2.45, 2.75) is 49.3 Å². The van der Waals surface area contributed by atoms with Crippen LogP contribution < -0.4 is 15.4 Å². The van der Waals surface area contributed by atoms with Crippen LogP contribution in [0, 0.1) is 18.6 Å². The number of aromatic nitrogens is 2. The van der Waals surface area contributed by atoms with E-state index < -0.39 is 39.1 Å². The predicted molar refractivity (Wildman–Crippen MR) is 159 cm³/mol. The summed E-state index contributed by atoms with van der Waals surface area (Å²) in [7, 11) is -4.12. The molecule has 14 heteroatoms. The van der Waals surface area contributed by atoms with Crippen molar-refractivity contribution in [3.8, 4) is 11.5 Å². The zero-order valence-corrected chi connectivity index (χ0v) is 25.3. The standard InChI is InChI=1S/C31H31F3N4O6S/c1-18-5-7-21(8-6-18)45(40,41)38-14-23(22-4-3-11-43-19(22)2)27-26(9-10-35-29(27)38)44-28-24(32)12-20(13-25(28)33)37-30(39)36-15-31(34)16-42-17-31/h5-10,12-14,19,22H,3-4,11,15-17H2,1-2H3,(H2,36,37,39). The van der Waals surface area contributed by atoms with E-state index in [2.05, 4.69) is 15.6 Å². The second-order valence-electron chi connectivity index (χ2n) is 11.4. The maximum absolute atomic E-state index is 15.3. The highest BCUT2D eigenvalue weighted by Crippen LogP contribution is 2.42. The molecule has 2 atom stereocenters. The summed E-state index contributed by atoms with van der Waals surface area (Å²) in [5, 5.41) is 4.86. The molecule has 2 aliphatic rings. The lowest BCUT2D eigenvalue weighted by Gasteiger charge is -2.33. The summed E-state index contributed by atoms with van der Waals surface area (Å²) in [6, 6.07) is 8.64. The highest BCUT2D eigenvalue weighted by molar-refractivity contribution is 7.90. The average molecular weight is 645 g/mol. The van der Waals surface area contributed by atoms with Gasteiger partial charge in [0.1, 0.15) is 5.75 Å². The lowest BCUT2D eigenvalue weighted by Crippen LogP contribution is -2.54. The highest BCUT2D eigenvalue weighted by Gasteiger charge is 2.39. The lowest BCUT2D eigenvalue weighted by atomic mass is 9.88. The van der Waals surface area contributed by atoms with Crippen LogP contribution in [0.3, 0.4) is 0 Å². The summed E-state index contributed by atoms with van der Waals surface area (Å²) in [6.45, 7) is 3.65. The molecule has 45 heavy (non-hydrogen) atoms. The number of nitrogens with one attached hydrogen (secondary N) is 2. The predicted octanol–water partition coefficient (Wildman–Crippen LogP) is 5.79. The molecule has 2 N–H and O–H groups in total. The molecule has 4 heterocycles. The van der Waals surface area contributed by atoms with Crippen molar-refractivity contribution < 1.29 is 40.6 Å². The Morgan fingerprint density at radius 2 is 1.87 bits per heavy atom. The first-order valence-electron chi connectivity index (χ1n) is 14.4. The number of urea groups is 1. The Morgan fingerprint density at radius 3 is 2.51 bits per heavy atom. The van der Waals surface area contributed by atoms with Crippen molar-refractivity contribution in [3.63, 3.8) is 0 Å². The number of nitrogens with zero attached hydrogens (tertiary/aromatic N) is 2. The largest absolute Gasteiger partial charge is 0.450 e. The number of halogens is 3. The van der Waals surface area contributed by atoms with Gasteiger partial charge in [-0.15, -0.1) is 0 Å². The highest BCUT2D eigenvalue weighted by atomic mass is 32.2. The fourth-order valence-electron chi connectivity index (χ4n) is 5.51. The van der Waals surface area contributed by atoms with Gasteiger partial charge in [-0.1, -0.05) is 17.7 Å². The second-order valence-corrected chi connectivity index (χ2v) is 13.2. The molecule has 238 valence electrons. The first kappa shape index (κ1) is 30.9. The van der Waals surface area contributed by atoms with E-state index in [-0.39, 0.29) is 59.1 Å². The third kappa shape index (κ3) is 6.09. The van der Waals surface area contributed by atoms with Crippen LogP contribution in [0.15, 0.2) is 59.8 Å².